The number of rotatable bonds is 3. The van der Waals surface area contributed by atoms with Gasteiger partial charge >= 0.3 is 5.97 Å². The van der Waals surface area contributed by atoms with E-state index < -0.39 is 12.1 Å². The normalized spacial score (nSPS) is 12.5. The molecule has 1 unspecified atom stereocenters. The Kier molecular flexibility index (Phi) is 3.63. The summed E-state index contributed by atoms with van der Waals surface area (Å²) < 4.78 is 13.6. The molecule has 1 aromatic carbocycles. The van der Waals surface area contributed by atoms with Crippen molar-refractivity contribution in [3.8, 4) is 0 Å². The van der Waals surface area contributed by atoms with Crippen LogP contribution < -0.4 is 0 Å². The van der Waals surface area contributed by atoms with E-state index >= 15 is 0 Å². The largest absolute Gasteiger partial charge is 0.479 e. The van der Waals surface area contributed by atoms with Gasteiger partial charge in [-0.2, -0.15) is 0 Å². The molecule has 1 rings (SSSR count). The van der Waals surface area contributed by atoms with Gasteiger partial charge in [-0.3, -0.25) is 0 Å². The summed E-state index contributed by atoms with van der Waals surface area (Å²) in [6.07, 6.45) is -1.94. The number of hydrogen-bond donors (Lipinski definition) is 1. The first-order valence-electron chi connectivity index (χ1n) is 4.12. The van der Waals surface area contributed by atoms with Crippen LogP contribution >= 0.6 is 15.9 Å². The second-order valence-electron chi connectivity index (χ2n) is 3.10. The first-order chi connectivity index (χ1) is 6.50. The number of aryl methyl sites for hydroxylation is 1. The zero-order valence-corrected chi connectivity index (χ0v) is 9.21. The molecule has 0 heterocycles. The second kappa shape index (κ2) is 4.55. The molecule has 0 bridgehead atoms. The molecule has 0 aliphatic heterocycles. The lowest BCUT2D eigenvalue weighted by molar-refractivity contribution is -0.142. The van der Waals surface area contributed by atoms with E-state index in [4.69, 9.17) is 5.11 Å². The van der Waals surface area contributed by atoms with Crippen molar-refractivity contribution in [2.24, 2.45) is 0 Å². The highest BCUT2D eigenvalue weighted by Gasteiger charge is 2.17. The van der Waals surface area contributed by atoms with Crippen molar-refractivity contribution in [2.45, 2.75) is 19.5 Å². The Morgan fingerprint density at radius 1 is 1.64 bits per heavy atom. The summed E-state index contributed by atoms with van der Waals surface area (Å²) in [6, 6.07) is 5.40. The van der Waals surface area contributed by atoms with Gasteiger partial charge in [0.15, 0.2) is 0 Å². The summed E-state index contributed by atoms with van der Waals surface area (Å²) in [7, 11) is 0. The van der Waals surface area contributed by atoms with Crippen LogP contribution in [0.2, 0.25) is 0 Å². The average Bonchev–Trinajstić information content (AvgIpc) is 2.09. The molecule has 0 aromatic heterocycles. The first kappa shape index (κ1) is 11.2. The standard InChI is InChI=1S/C10H10BrFO2/c1-6-2-3-7(8(11)4-6)5-9(12)10(13)14/h2-4,9H,5H2,1H3,(H,13,14). The van der Waals surface area contributed by atoms with E-state index in [9.17, 15) is 9.18 Å². The number of benzene rings is 1. The number of aliphatic carboxylic acids is 1. The Bertz CT molecular complexity index is 352. The Morgan fingerprint density at radius 3 is 2.79 bits per heavy atom. The number of carboxylic acid groups (broad SMARTS) is 1. The molecule has 0 amide bonds. The number of carbonyl (C=O) groups is 1. The minimum Gasteiger partial charge on any atom is -0.479 e. The van der Waals surface area contributed by atoms with Gasteiger partial charge in [0.2, 0.25) is 6.17 Å². The Labute approximate surface area is 89.9 Å². The molecule has 76 valence electrons. The lowest BCUT2D eigenvalue weighted by atomic mass is 10.1. The third kappa shape index (κ3) is 2.80. The molecule has 0 aliphatic rings. The lowest BCUT2D eigenvalue weighted by Crippen LogP contribution is -2.17. The highest BCUT2D eigenvalue weighted by molar-refractivity contribution is 9.10. The van der Waals surface area contributed by atoms with Gasteiger partial charge in [0.1, 0.15) is 0 Å². The monoisotopic (exact) mass is 260 g/mol. The summed E-state index contributed by atoms with van der Waals surface area (Å²) in [4.78, 5) is 10.3. The van der Waals surface area contributed by atoms with E-state index in [1.54, 1.807) is 6.07 Å². The third-order valence-corrected chi connectivity index (χ3v) is 2.61. The van der Waals surface area contributed by atoms with Gasteiger partial charge in [0, 0.05) is 10.9 Å². The molecule has 0 fully saturated rings. The van der Waals surface area contributed by atoms with E-state index in [0.29, 0.717) is 5.56 Å². The maximum absolute atomic E-state index is 12.9. The minimum atomic E-state index is -1.84. The van der Waals surface area contributed by atoms with Gasteiger partial charge in [0.25, 0.3) is 0 Å². The topological polar surface area (TPSA) is 37.3 Å². The van der Waals surface area contributed by atoms with E-state index in [2.05, 4.69) is 15.9 Å². The fourth-order valence-corrected chi connectivity index (χ4v) is 1.75. The molecule has 0 saturated heterocycles. The molecule has 14 heavy (non-hydrogen) atoms. The average molecular weight is 261 g/mol. The first-order valence-corrected chi connectivity index (χ1v) is 4.92. The summed E-state index contributed by atoms with van der Waals surface area (Å²) in [5.74, 6) is -1.42. The van der Waals surface area contributed by atoms with E-state index in [1.165, 1.54) is 0 Å². The maximum Gasteiger partial charge on any atom is 0.338 e. The summed E-state index contributed by atoms with van der Waals surface area (Å²) in [5, 5.41) is 8.40. The molecular weight excluding hydrogens is 251 g/mol. The molecule has 1 atom stereocenters. The minimum absolute atomic E-state index is 0.101. The van der Waals surface area contributed by atoms with E-state index in [-0.39, 0.29) is 6.42 Å². The smallest absolute Gasteiger partial charge is 0.338 e. The highest BCUT2D eigenvalue weighted by atomic mass is 79.9. The molecule has 0 radical (unpaired) electrons. The fraction of sp³-hybridized carbons (Fsp3) is 0.300. The Balaban J connectivity index is 2.82. The van der Waals surface area contributed by atoms with Crippen LogP contribution in [0.4, 0.5) is 4.39 Å². The highest BCUT2D eigenvalue weighted by Crippen LogP contribution is 2.20. The molecular formula is C10H10BrFO2. The van der Waals surface area contributed by atoms with Crippen molar-refractivity contribution in [3.63, 3.8) is 0 Å². The van der Waals surface area contributed by atoms with Gasteiger partial charge in [-0.1, -0.05) is 28.1 Å². The molecule has 0 spiro atoms. The summed E-state index contributed by atoms with van der Waals surface area (Å²) >= 11 is 3.27. The Morgan fingerprint density at radius 2 is 2.29 bits per heavy atom. The van der Waals surface area contributed by atoms with Crippen molar-refractivity contribution < 1.29 is 14.3 Å². The zero-order valence-electron chi connectivity index (χ0n) is 7.63. The molecule has 4 heteroatoms. The summed E-state index contributed by atoms with van der Waals surface area (Å²) in [6.45, 7) is 1.92. The van der Waals surface area contributed by atoms with Crippen molar-refractivity contribution in [3.05, 3.63) is 33.8 Å². The van der Waals surface area contributed by atoms with Gasteiger partial charge in [0.05, 0.1) is 0 Å². The number of hydrogen-bond acceptors (Lipinski definition) is 1. The van der Waals surface area contributed by atoms with Crippen LogP contribution in [0.3, 0.4) is 0 Å². The second-order valence-corrected chi connectivity index (χ2v) is 3.96. The molecule has 1 N–H and O–H groups in total. The van der Waals surface area contributed by atoms with Crippen LogP contribution in [0.15, 0.2) is 22.7 Å². The van der Waals surface area contributed by atoms with E-state index in [0.717, 1.165) is 10.0 Å². The van der Waals surface area contributed by atoms with Crippen LogP contribution in [0, 0.1) is 6.92 Å². The number of carboxylic acids is 1. The number of alkyl halides is 1. The molecule has 0 aliphatic carbocycles. The van der Waals surface area contributed by atoms with Crippen LogP contribution in [-0.4, -0.2) is 17.2 Å². The van der Waals surface area contributed by atoms with Gasteiger partial charge < -0.3 is 5.11 Å². The van der Waals surface area contributed by atoms with Crippen molar-refractivity contribution in [1.29, 1.82) is 0 Å². The lowest BCUT2D eigenvalue weighted by Gasteiger charge is -2.06. The van der Waals surface area contributed by atoms with Crippen LogP contribution in [-0.2, 0) is 11.2 Å². The SMILES string of the molecule is Cc1ccc(CC(F)C(=O)O)c(Br)c1. The quantitative estimate of drug-likeness (QED) is 0.908. The maximum atomic E-state index is 12.9. The molecule has 1 aromatic rings. The molecule has 2 nitrogen and oxygen atoms in total. The van der Waals surface area contributed by atoms with Crippen LogP contribution in [0.1, 0.15) is 11.1 Å². The number of halogens is 2. The predicted octanol–water partition coefficient (Wildman–Crippen LogP) is 2.72. The van der Waals surface area contributed by atoms with E-state index in [1.807, 2.05) is 19.1 Å². The predicted molar refractivity (Wildman–Crippen MR) is 55.1 cm³/mol. The van der Waals surface area contributed by atoms with Crippen molar-refractivity contribution >= 4 is 21.9 Å². The van der Waals surface area contributed by atoms with Crippen molar-refractivity contribution in [1.82, 2.24) is 0 Å². The summed E-state index contributed by atoms with van der Waals surface area (Å²) in [5.41, 5.74) is 1.72. The zero-order chi connectivity index (χ0) is 10.7. The van der Waals surface area contributed by atoms with Crippen molar-refractivity contribution in [2.75, 3.05) is 0 Å². The van der Waals surface area contributed by atoms with Crippen LogP contribution in [0.5, 0.6) is 0 Å². The van der Waals surface area contributed by atoms with Gasteiger partial charge in [-0.25, -0.2) is 9.18 Å². The Hall–Kier alpha value is -0.900. The van der Waals surface area contributed by atoms with Crippen LogP contribution in [0.25, 0.3) is 0 Å². The van der Waals surface area contributed by atoms with Gasteiger partial charge in [-0.05, 0) is 24.1 Å². The van der Waals surface area contributed by atoms with Gasteiger partial charge in [-0.15, -0.1) is 0 Å². The third-order valence-electron chi connectivity index (χ3n) is 1.88. The fourth-order valence-electron chi connectivity index (χ4n) is 1.10. The molecule has 0 saturated carbocycles.